The number of anilines is 1. The van der Waals surface area contributed by atoms with Crippen LogP contribution in [0.25, 0.3) is 10.9 Å². The van der Waals surface area contributed by atoms with Crippen LogP contribution in [0.4, 0.5) is 5.69 Å². The van der Waals surface area contributed by atoms with E-state index >= 15 is 0 Å². The van der Waals surface area contributed by atoms with E-state index in [1.165, 1.54) is 5.52 Å². The molecule has 0 saturated heterocycles. The third-order valence-electron chi connectivity index (χ3n) is 3.60. The summed E-state index contributed by atoms with van der Waals surface area (Å²) in [6, 6.07) is 17.4. The Morgan fingerprint density at radius 3 is 2.86 bits per heavy atom. The lowest BCUT2D eigenvalue weighted by atomic mass is 10.2. The van der Waals surface area contributed by atoms with Crippen LogP contribution < -0.4 is 10.5 Å². The number of nitrogens with two attached hydrogens (primary N) is 1. The van der Waals surface area contributed by atoms with E-state index in [-0.39, 0.29) is 0 Å². The summed E-state index contributed by atoms with van der Waals surface area (Å²) in [6.07, 6.45) is 2.93. The van der Waals surface area contributed by atoms with Crippen LogP contribution in [0.2, 0.25) is 0 Å². The number of ether oxygens (including phenoxy) is 1. The van der Waals surface area contributed by atoms with Crippen LogP contribution in [-0.2, 0) is 6.54 Å². The zero-order valence-corrected chi connectivity index (χ0v) is 12.2. The maximum absolute atomic E-state index is 9.02. The van der Waals surface area contributed by atoms with Gasteiger partial charge in [0, 0.05) is 29.3 Å². The summed E-state index contributed by atoms with van der Waals surface area (Å²) < 4.78 is 7.89. The van der Waals surface area contributed by atoms with Crippen LogP contribution >= 0.6 is 0 Å². The van der Waals surface area contributed by atoms with E-state index in [2.05, 4.69) is 22.9 Å². The maximum Gasteiger partial charge on any atom is 0.137 e. The van der Waals surface area contributed by atoms with E-state index in [9.17, 15) is 0 Å². The molecule has 3 rings (SSSR count). The van der Waals surface area contributed by atoms with Crippen molar-refractivity contribution in [2.45, 2.75) is 13.0 Å². The number of nitrogen functional groups attached to an aromatic ring is 1. The Labute approximate surface area is 129 Å². The molecule has 0 saturated carbocycles. The fourth-order valence-electron chi connectivity index (χ4n) is 2.52. The highest BCUT2D eigenvalue weighted by Gasteiger charge is 2.03. The van der Waals surface area contributed by atoms with Crippen molar-refractivity contribution in [1.29, 1.82) is 5.26 Å². The Morgan fingerprint density at radius 1 is 1.14 bits per heavy atom. The average molecular weight is 291 g/mol. The number of fused-ring (bicyclic) bond motifs is 1. The molecule has 1 aromatic heterocycles. The second-order valence-corrected chi connectivity index (χ2v) is 5.14. The molecule has 0 aliphatic carbocycles. The van der Waals surface area contributed by atoms with Gasteiger partial charge in [0.1, 0.15) is 11.8 Å². The Hall–Kier alpha value is -2.93. The predicted octanol–water partition coefficient (Wildman–Crippen LogP) is 3.56. The third kappa shape index (κ3) is 2.89. The molecule has 4 nitrogen and oxygen atoms in total. The molecule has 3 aromatic rings. The molecular formula is C18H17N3O. The average Bonchev–Trinajstić information content (AvgIpc) is 2.94. The molecule has 22 heavy (non-hydrogen) atoms. The largest absolute Gasteiger partial charge is 0.492 e. The molecular weight excluding hydrogens is 274 g/mol. The van der Waals surface area contributed by atoms with Gasteiger partial charge in [0.05, 0.1) is 12.2 Å². The number of benzene rings is 2. The number of hydrogen-bond acceptors (Lipinski definition) is 3. The van der Waals surface area contributed by atoms with Crippen LogP contribution in [0, 0.1) is 11.3 Å². The molecule has 0 amide bonds. The number of aromatic nitrogens is 1. The summed E-state index contributed by atoms with van der Waals surface area (Å²) in [5.41, 5.74) is 8.32. The van der Waals surface area contributed by atoms with Crippen molar-refractivity contribution < 1.29 is 4.74 Å². The Bertz CT molecular complexity index is 830. The van der Waals surface area contributed by atoms with Crippen molar-refractivity contribution in [1.82, 2.24) is 4.57 Å². The van der Waals surface area contributed by atoms with Crippen LogP contribution in [0.1, 0.15) is 12.0 Å². The molecule has 0 radical (unpaired) electrons. The first-order valence-corrected chi connectivity index (χ1v) is 7.24. The number of hydrogen-bond donors (Lipinski definition) is 1. The summed E-state index contributed by atoms with van der Waals surface area (Å²) in [4.78, 5) is 0. The van der Waals surface area contributed by atoms with Crippen LogP contribution in [0.3, 0.4) is 0 Å². The molecule has 1 heterocycles. The van der Waals surface area contributed by atoms with Gasteiger partial charge in [-0.2, -0.15) is 5.26 Å². The lowest BCUT2D eigenvalue weighted by Crippen LogP contribution is -2.04. The quantitative estimate of drug-likeness (QED) is 0.577. The fraction of sp³-hybridized carbons (Fsp3) is 0.167. The van der Waals surface area contributed by atoms with Gasteiger partial charge in [-0.1, -0.05) is 12.1 Å². The zero-order valence-electron chi connectivity index (χ0n) is 12.2. The highest BCUT2D eigenvalue weighted by molar-refractivity contribution is 5.83. The van der Waals surface area contributed by atoms with E-state index in [1.807, 2.05) is 36.4 Å². The van der Waals surface area contributed by atoms with Gasteiger partial charge in [-0.15, -0.1) is 0 Å². The molecule has 0 fully saturated rings. The Kier molecular flexibility index (Phi) is 3.97. The molecule has 2 aromatic carbocycles. The van der Waals surface area contributed by atoms with Crippen molar-refractivity contribution in [2.75, 3.05) is 12.3 Å². The van der Waals surface area contributed by atoms with E-state index in [0.29, 0.717) is 17.9 Å². The molecule has 0 atom stereocenters. The molecule has 110 valence electrons. The van der Waals surface area contributed by atoms with Gasteiger partial charge in [0.25, 0.3) is 0 Å². The molecule has 0 spiro atoms. The second-order valence-electron chi connectivity index (χ2n) is 5.14. The lowest BCUT2D eigenvalue weighted by Gasteiger charge is -2.09. The first-order valence-electron chi connectivity index (χ1n) is 7.24. The Balaban J connectivity index is 1.60. The number of aryl methyl sites for hydroxylation is 1. The van der Waals surface area contributed by atoms with Crippen molar-refractivity contribution in [3.63, 3.8) is 0 Å². The first-order chi connectivity index (χ1) is 10.8. The highest BCUT2D eigenvalue weighted by atomic mass is 16.5. The lowest BCUT2D eigenvalue weighted by molar-refractivity contribution is 0.302. The topological polar surface area (TPSA) is 64.0 Å². The van der Waals surface area contributed by atoms with Crippen LogP contribution in [0.5, 0.6) is 5.75 Å². The molecule has 0 aliphatic rings. The third-order valence-corrected chi connectivity index (χ3v) is 3.60. The standard InChI is InChI=1S/C18H17N3O/c19-13-15-4-1-2-5-18(15)22-11-3-9-21-10-8-14-12-16(20)6-7-17(14)21/h1-2,4-8,10,12H,3,9,11,20H2. The van der Waals surface area contributed by atoms with E-state index in [4.69, 9.17) is 15.7 Å². The van der Waals surface area contributed by atoms with Crippen molar-refractivity contribution in [3.8, 4) is 11.8 Å². The monoisotopic (exact) mass is 291 g/mol. The number of para-hydroxylation sites is 1. The molecule has 0 aliphatic heterocycles. The van der Waals surface area contributed by atoms with Gasteiger partial charge in [0.2, 0.25) is 0 Å². The SMILES string of the molecule is N#Cc1ccccc1OCCCn1ccc2cc(N)ccc21. The minimum atomic E-state index is 0.574. The molecule has 2 N–H and O–H groups in total. The van der Waals surface area contributed by atoms with E-state index in [0.717, 1.165) is 24.0 Å². The van der Waals surface area contributed by atoms with Gasteiger partial charge >= 0.3 is 0 Å². The number of nitriles is 1. The van der Waals surface area contributed by atoms with Crippen molar-refractivity contribution in [2.24, 2.45) is 0 Å². The van der Waals surface area contributed by atoms with Crippen molar-refractivity contribution in [3.05, 3.63) is 60.3 Å². The van der Waals surface area contributed by atoms with Gasteiger partial charge in [-0.25, -0.2) is 0 Å². The van der Waals surface area contributed by atoms with Crippen molar-refractivity contribution >= 4 is 16.6 Å². The summed E-state index contributed by atoms with van der Waals surface area (Å²) in [7, 11) is 0. The number of nitrogens with zero attached hydrogens (tertiary/aromatic N) is 2. The molecule has 0 bridgehead atoms. The number of rotatable bonds is 5. The smallest absolute Gasteiger partial charge is 0.137 e. The first kappa shape index (κ1) is 14.0. The van der Waals surface area contributed by atoms with E-state index < -0.39 is 0 Å². The van der Waals surface area contributed by atoms with Crippen LogP contribution in [0.15, 0.2) is 54.7 Å². The molecule has 4 heteroatoms. The summed E-state index contributed by atoms with van der Waals surface area (Å²) in [5, 5.41) is 10.2. The van der Waals surface area contributed by atoms with Gasteiger partial charge in [-0.05, 0) is 42.8 Å². The predicted molar refractivity (Wildman–Crippen MR) is 87.6 cm³/mol. The zero-order chi connectivity index (χ0) is 15.4. The minimum Gasteiger partial charge on any atom is -0.492 e. The summed E-state index contributed by atoms with van der Waals surface area (Å²) in [5.74, 6) is 0.648. The van der Waals surface area contributed by atoms with Gasteiger partial charge < -0.3 is 15.0 Å². The fourth-order valence-corrected chi connectivity index (χ4v) is 2.52. The Morgan fingerprint density at radius 2 is 2.00 bits per heavy atom. The summed E-state index contributed by atoms with van der Waals surface area (Å²) >= 11 is 0. The van der Waals surface area contributed by atoms with Gasteiger partial charge in [-0.3, -0.25) is 0 Å². The summed E-state index contributed by atoms with van der Waals surface area (Å²) in [6.45, 7) is 1.44. The maximum atomic E-state index is 9.02. The molecule has 0 unspecified atom stereocenters. The van der Waals surface area contributed by atoms with Crippen LogP contribution in [-0.4, -0.2) is 11.2 Å². The normalized spacial score (nSPS) is 10.5. The van der Waals surface area contributed by atoms with E-state index in [1.54, 1.807) is 6.07 Å². The highest BCUT2D eigenvalue weighted by Crippen LogP contribution is 2.20. The minimum absolute atomic E-state index is 0.574. The van der Waals surface area contributed by atoms with Gasteiger partial charge in [0.15, 0.2) is 0 Å². The second kappa shape index (κ2) is 6.23.